The molecule has 1 aliphatic carbocycles. The first-order valence-corrected chi connectivity index (χ1v) is 7.01. The highest BCUT2D eigenvalue weighted by molar-refractivity contribution is 7.98. The first kappa shape index (κ1) is 12.3. The molecular formula is C11H24N2S. The average molecular weight is 216 g/mol. The lowest BCUT2D eigenvalue weighted by molar-refractivity contribution is 0.149. The Balaban J connectivity index is 2.38. The predicted molar refractivity (Wildman–Crippen MR) is 65.8 cm³/mol. The molecule has 0 amide bonds. The molecule has 1 aliphatic rings. The lowest BCUT2D eigenvalue weighted by atomic mass is 9.90. The Morgan fingerprint density at radius 3 is 2.79 bits per heavy atom. The van der Waals surface area contributed by atoms with E-state index in [1.165, 1.54) is 31.4 Å². The fourth-order valence-electron chi connectivity index (χ4n) is 2.29. The summed E-state index contributed by atoms with van der Waals surface area (Å²) in [5.74, 6) is 1.22. The van der Waals surface area contributed by atoms with E-state index in [1.807, 2.05) is 11.8 Å². The van der Waals surface area contributed by atoms with Crippen LogP contribution in [0.5, 0.6) is 0 Å². The molecule has 0 saturated heterocycles. The van der Waals surface area contributed by atoms with Crippen molar-refractivity contribution >= 4 is 11.8 Å². The van der Waals surface area contributed by atoms with Crippen LogP contribution in [0.2, 0.25) is 0 Å². The van der Waals surface area contributed by atoms with Crippen LogP contribution in [0.15, 0.2) is 0 Å². The van der Waals surface area contributed by atoms with Gasteiger partial charge in [0.15, 0.2) is 0 Å². The first-order chi connectivity index (χ1) is 6.65. The second-order valence-electron chi connectivity index (χ2n) is 4.55. The predicted octanol–water partition coefficient (Wildman–Crippen LogP) is 1.94. The summed E-state index contributed by atoms with van der Waals surface area (Å²) in [7, 11) is 2.25. The second kappa shape index (κ2) is 5.99. The van der Waals surface area contributed by atoms with Crippen LogP contribution < -0.4 is 5.73 Å². The largest absolute Gasteiger partial charge is 0.328 e. The molecule has 3 unspecified atom stereocenters. The molecule has 0 spiro atoms. The zero-order valence-corrected chi connectivity index (χ0v) is 10.5. The Morgan fingerprint density at radius 2 is 2.21 bits per heavy atom. The monoisotopic (exact) mass is 216 g/mol. The van der Waals surface area contributed by atoms with Gasteiger partial charge in [0.1, 0.15) is 0 Å². The van der Waals surface area contributed by atoms with Crippen molar-refractivity contribution in [2.75, 3.05) is 19.1 Å². The third-order valence-electron chi connectivity index (χ3n) is 3.37. The Bertz CT molecular complexity index is 163. The van der Waals surface area contributed by atoms with Gasteiger partial charge in [-0.3, -0.25) is 4.90 Å². The van der Waals surface area contributed by atoms with Gasteiger partial charge in [0, 0.05) is 23.9 Å². The van der Waals surface area contributed by atoms with E-state index in [9.17, 15) is 0 Å². The molecule has 1 rings (SSSR count). The number of hydrogen-bond donors (Lipinski definition) is 1. The third kappa shape index (κ3) is 3.44. The normalized spacial score (nSPS) is 30.6. The summed E-state index contributed by atoms with van der Waals surface area (Å²) in [6, 6.07) is 1.85. The lowest BCUT2D eigenvalue weighted by Crippen LogP contribution is -2.45. The van der Waals surface area contributed by atoms with Crippen LogP contribution >= 0.6 is 11.8 Å². The molecule has 0 radical (unpaired) electrons. The maximum Gasteiger partial charge on any atom is 0.0157 e. The molecular weight excluding hydrogens is 192 g/mol. The molecule has 2 N–H and O–H groups in total. The van der Waals surface area contributed by atoms with Gasteiger partial charge in [-0.05, 0) is 39.5 Å². The van der Waals surface area contributed by atoms with E-state index in [0.717, 1.165) is 6.04 Å². The molecule has 0 heterocycles. The highest BCUT2D eigenvalue weighted by atomic mass is 32.2. The third-order valence-corrected chi connectivity index (χ3v) is 4.18. The van der Waals surface area contributed by atoms with Crippen molar-refractivity contribution in [2.45, 2.75) is 50.7 Å². The molecule has 0 bridgehead atoms. The van der Waals surface area contributed by atoms with E-state index >= 15 is 0 Å². The highest BCUT2D eigenvalue weighted by Crippen LogP contribution is 2.23. The van der Waals surface area contributed by atoms with Crippen molar-refractivity contribution in [3.63, 3.8) is 0 Å². The van der Waals surface area contributed by atoms with Crippen molar-refractivity contribution in [1.29, 1.82) is 0 Å². The van der Waals surface area contributed by atoms with Crippen LogP contribution in [0, 0.1) is 0 Å². The maximum absolute atomic E-state index is 6.01. The average Bonchev–Trinajstić information content (AvgIpc) is 2.17. The zero-order valence-electron chi connectivity index (χ0n) is 9.70. The maximum atomic E-state index is 6.01. The van der Waals surface area contributed by atoms with Gasteiger partial charge in [-0.25, -0.2) is 0 Å². The van der Waals surface area contributed by atoms with Crippen molar-refractivity contribution in [2.24, 2.45) is 5.73 Å². The van der Waals surface area contributed by atoms with Gasteiger partial charge in [0.2, 0.25) is 0 Å². The Labute approximate surface area is 92.6 Å². The Morgan fingerprint density at radius 1 is 1.50 bits per heavy atom. The van der Waals surface area contributed by atoms with E-state index in [0.29, 0.717) is 12.1 Å². The molecule has 0 aromatic rings. The Kier molecular flexibility index (Phi) is 5.28. The first-order valence-electron chi connectivity index (χ1n) is 5.61. The smallest absolute Gasteiger partial charge is 0.0157 e. The summed E-state index contributed by atoms with van der Waals surface area (Å²) in [4.78, 5) is 2.52. The van der Waals surface area contributed by atoms with E-state index in [1.54, 1.807) is 0 Å². The lowest BCUT2D eigenvalue weighted by Gasteiger charge is -2.37. The van der Waals surface area contributed by atoms with Crippen LogP contribution in [-0.4, -0.2) is 42.1 Å². The van der Waals surface area contributed by atoms with Crippen molar-refractivity contribution < 1.29 is 0 Å². The van der Waals surface area contributed by atoms with Crippen molar-refractivity contribution in [3.8, 4) is 0 Å². The minimum atomic E-state index is 0.442. The molecule has 0 aromatic carbocycles. The van der Waals surface area contributed by atoms with Crippen LogP contribution in [0.4, 0.5) is 0 Å². The van der Waals surface area contributed by atoms with E-state index in [4.69, 9.17) is 5.73 Å². The van der Waals surface area contributed by atoms with Crippen LogP contribution in [-0.2, 0) is 0 Å². The van der Waals surface area contributed by atoms with E-state index in [2.05, 4.69) is 25.1 Å². The molecule has 1 saturated carbocycles. The van der Waals surface area contributed by atoms with Gasteiger partial charge in [-0.2, -0.15) is 11.8 Å². The molecule has 0 aliphatic heterocycles. The van der Waals surface area contributed by atoms with Gasteiger partial charge < -0.3 is 5.73 Å². The minimum absolute atomic E-state index is 0.442. The van der Waals surface area contributed by atoms with Gasteiger partial charge in [0.25, 0.3) is 0 Å². The van der Waals surface area contributed by atoms with Crippen LogP contribution in [0.1, 0.15) is 32.6 Å². The van der Waals surface area contributed by atoms with E-state index < -0.39 is 0 Å². The molecule has 0 aromatic heterocycles. The zero-order chi connectivity index (χ0) is 10.6. The minimum Gasteiger partial charge on any atom is -0.328 e. The quantitative estimate of drug-likeness (QED) is 0.779. The van der Waals surface area contributed by atoms with E-state index in [-0.39, 0.29) is 0 Å². The van der Waals surface area contributed by atoms with Gasteiger partial charge in [0.05, 0.1) is 0 Å². The number of thioether (sulfide) groups is 1. The summed E-state index contributed by atoms with van der Waals surface area (Å²) in [6.07, 6.45) is 7.23. The summed E-state index contributed by atoms with van der Waals surface area (Å²) < 4.78 is 0. The second-order valence-corrected chi connectivity index (χ2v) is 5.46. The topological polar surface area (TPSA) is 29.3 Å². The highest BCUT2D eigenvalue weighted by Gasteiger charge is 2.24. The van der Waals surface area contributed by atoms with Crippen LogP contribution in [0.3, 0.4) is 0 Å². The molecule has 14 heavy (non-hydrogen) atoms. The van der Waals surface area contributed by atoms with Gasteiger partial charge >= 0.3 is 0 Å². The SMILES string of the molecule is CSCC(C)N(C)C1CCCC(N)C1. The Hall–Kier alpha value is 0.270. The summed E-state index contributed by atoms with van der Waals surface area (Å²) in [5.41, 5.74) is 6.01. The molecule has 1 fully saturated rings. The molecule has 3 atom stereocenters. The number of rotatable bonds is 4. The summed E-state index contributed by atoms with van der Waals surface area (Å²) in [5, 5.41) is 0. The fourth-order valence-corrected chi connectivity index (χ4v) is 3.01. The fraction of sp³-hybridized carbons (Fsp3) is 1.00. The van der Waals surface area contributed by atoms with Crippen LogP contribution in [0.25, 0.3) is 0 Å². The number of nitrogens with zero attached hydrogens (tertiary/aromatic N) is 1. The molecule has 3 heteroatoms. The number of nitrogens with two attached hydrogens (primary N) is 1. The number of hydrogen-bond acceptors (Lipinski definition) is 3. The van der Waals surface area contributed by atoms with Crippen molar-refractivity contribution in [1.82, 2.24) is 4.90 Å². The summed E-state index contributed by atoms with van der Waals surface area (Å²) in [6.45, 7) is 2.32. The summed E-state index contributed by atoms with van der Waals surface area (Å²) >= 11 is 1.93. The molecule has 84 valence electrons. The van der Waals surface area contributed by atoms with Gasteiger partial charge in [-0.15, -0.1) is 0 Å². The molecule has 2 nitrogen and oxygen atoms in total. The standard InChI is InChI=1S/C11H24N2S/c1-9(8-14-3)13(2)11-6-4-5-10(12)7-11/h9-11H,4-8,12H2,1-3H3. The van der Waals surface area contributed by atoms with Crippen molar-refractivity contribution in [3.05, 3.63) is 0 Å². The van der Waals surface area contributed by atoms with Gasteiger partial charge in [-0.1, -0.05) is 6.42 Å².